The predicted octanol–water partition coefficient (Wildman–Crippen LogP) is 1.05. The maximum Gasteiger partial charge on any atom is 0.116 e. The number of nitrogens with zero attached hydrogens (tertiary/aromatic N) is 2. The molecule has 0 N–H and O–H groups in total. The summed E-state index contributed by atoms with van der Waals surface area (Å²) in [5, 5.41) is 0. The zero-order valence-corrected chi connectivity index (χ0v) is 6.83. The number of rotatable bonds is 2. The Morgan fingerprint density at radius 1 is 1.60 bits per heavy atom. The van der Waals surface area contributed by atoms with Crippen LogP contribution in [0.2, 0.25) is 0 Å². The van der Waals surface area contributed by atoms with E-state index in [4.69, 9.17) is 0 Å². The summed E-state index contributed by atoms with van der Waals surface area (Å²) < 4.78 is 0. The van der Waals surface area contributed by atoms with Gasteiger partial charge in [0.2, 0.25) is 0 Å². The molecule has 0 aromatic carbocycles. The van der Waals surface area contributed by atoms with Crippen LogP contribution in [0.5, 0.6) is 0 Å². The van der Waals surface area contributed by atoms with Crippen LogP contribution >= 0.6 is 8.58 Å². The lowest BCUT2D eigenvalue weighted by Gasteiger charge is -1.94. The van der Waals surface area contributed by atoms with Crippen molar-refractivity contribution in [2.75, 3.05) is 6.66 Å². The molecular weight excluding hydrogens is 143 g/mol. The molecule has 2 nitrogen and oxygen atoms in total. The third-order valence-corrected chi connectivity index (χ3v) is 1.94. The fourth-order valence-corrected chi connectivity index (χ4v) is 1.10. The average Bonchev–Trinajstić information content (AvgIpc) is 2.05. The zero-order valence-electron chi connectivity index (χ0n) is 5.83. The first kappa shape index (κ1) is 7.36. The van der Waals surface area contributed by atoms with Crippen molar-refractivity contribution in [1.29, 1.82) is 0 Å². The van der Waals surface area contributed by atoms with Gasteiger partial charge in [0.25, 0.3) is 0 Å². The largest absolute Gasteiger partial charge is 0.237 e. The minimum atomic E-state index is 0.731. The molecule has 1 unspecified atom stereocenters. The molecule has 1 atom stereocenters. The fourth-order valence-electron chi connectivity index (χ4n) is 0.621. The molecule has 0 saturated carbocycles. The quantitative estimate of drug-likeness (QED) is 0.592. The Labute approximate surface area is 62.2 Å². The first-order chi connectivity index (χ1) is 4.86. The molecule has 1 aromatic heterocycles. The summed E-state index contributed by atoms with van der Waals surface area (Å²) in [5.74, 6) is 0. The van der Waals surface area contributed by atoms with Crippen LogP contribution in [-0.2, 0) is 0 Å². The van der Waals surface area contributed by atoms with Crippen molar-refractivity contribution in [1.82, 2.24) is 9.97 Å². The summed E-state index contributed by atoms with van der Waals surface area (Å²) in [7, 11) is 0.731. The number of hydrogen-bond donors (Lipinski definition) is 0. The molecule has 1 aromatic rings. The van der Waals surface area contributed by atoms with Gasteiger partial charge >= 0.3 is 0 Å². The van der Waals surface area contributed by atoms with Crippen LogP contribution in [0.3, 0.4) is 0 Å². The highest BCUT2D eigenvalue weighted by atomic mass is 31.1. The lowest BCUT2D eigenvalue weighted by molar-refractivity contribution is 1.18. The summed E-state index contributed by atoms with van der Waals surface area (Å²) in [6, 6.07) is 1.95. The second-order valence-corrected chi connectivity index (χ2v) is 2.79. The van der Waals surface area contributed by atoms with Gasteiger partial charge in [-0.05, 0) is 18.8 Å². The standard InChI is InChI=1S/C7H9N2P/c1-3-6-4-7(10-2)9-5-8-6/h3-5,10H,1H2,2H3. The van der Waals surface area contributed by atoms with Gasteiger partial charge < -0.3 is 0 Å². The van der Waals surface area contributed by atoms with E-state index in [1.54, 1.807) is 12.4 Å². The van der Waals surface area contributed by atoms with E-state index in [1.165, 1.54) is 0 Å². The molecule has 0 aliphatic carbocycles. The fraction of sp³-hybridized carbons (Fsp3) is 0.143. The summed E-state index contributed by atoms with van der Waals surface area (Å²) in [6.45, 7) is 5.71. The van der Waals surface area contributed by atoms with Gasteiger partial charge in [0.05, 0.1) is 11.1 Å². The number of hydrogen-bond acceptors (Lipinski definition) is 2. The van der Waals surface area contributed by atoms with Gasteiger partial charge in [0, 0.05) is 0 Å². The Bertz CT molecular complexity index is 235. The van der Waals surface area contributed by atoms with Crippen LogP contribution in [0.4, 0.5) is 0 Å². The van der Waals surface area contributed by atoms with Gasteiger partial charge in [0.15, 0.2) is 0 Å². The molecule has 0 saturated heterocycles. The predicted molar refractivity (Wildman–Crippen MR) is 46.0 cm³/mol. The zero-order chi connectivity index (χ0) is 7.40. The molecule has 0 bridgehead atoms. The topological polar surface area (TPSA) is 25.8 Å². The van der Waals surface area contributed by atoms with E-state index in [1.807, 2.05) is 6.07 Å². The van der Waals surface area contributed by atoms with E-state index < -0.39 is 0 Å². The SMILES string of the molecule is C=Cc1cc(PC)ncn1. The first-order valence-electron chi connectivity index (χ1n) is 2.99. The van der Waals surface area contributed by atoms with Crippen molar-refractivity contribution < 1.29 is 0 Å². The maximum absolute atomic E-state index is 4.06. The summed E-state index contributed by atoms with van der Waals surface area (Å²) in [4.78, 5) is 8.04. The average molecular weight is 152 g/mol. The van der Waals surface area contributed by atoms with Crippen LogP contribution in [0.1, 0.15) is 5.69 Å². The van der Waals surface area contributed by atoms with Crippen molar-refractivity contribution in [2.45, 2.75) is 0 Å². The van der Waals surface area contributed by atoms with Crippen LogP contribution in [0.25, 0.3) is 6.08 Å². The van der Waals surface area contributed by atoms with E-state index >= 15 is 0 Å². The maximum atomic E-state index is 4.06. The van der Waals surface area contributed by atoms with Crippen molar-refractivity contribution in [3.63, 3.8) is 0 Å². The summed E-state index contributed by atoms with van der Waals surface area (Å²) >= 11 is 0. The molecular formula is C7H9N2P. The van der Waals surface area contributed by atoms with Crippen LogP contribution in [0, 0.1) is 0 Å². The highest BCUT2D eigenvalue weighted by Gasteiger charge is 1.90. The molecule has 0 spiro atoms. The highest BCUT2D eigenvalue weighted by Crippen LogP contribution is 2.01. The first-order valence-corrected chi connectivity index (χ1v) is 4.49. The molecule has 1 heterocycles. The van der Waals surface area contributed by atoms with Gasteiger partial charge in [-0.1, -0.05) is 15.2 Å². The van der Waals surface area contributed by atoms with Crippen molar-refractivity contribution in [2.24, 2.45) is 0 Å². The molecule has 0 aliphatic heterocycles. The minimum Gasteiger partial charge on any atom is -0.237 e. The summed E-state index contributed by atoms with van der Waals surface area (Å²) in [6.07, 6.45) is 3.30. The van der Waals surface area contributed by atoms with Crippen LogP contribution in [-0.4, -0.2) is 16.6 Å². The van der Waals surface area contributed by atoms with Gasteiger partial charge in [-0.2, -0.15) is 0 Å². The minimum absolute atomic E-state index is 0.731. The Morgan fingerprint density at radius 3 is 3.00 bits per heavy atom. The Hall–Kier alpha value is -0.750. The lowest BCUT2D eigenvalue weighted by atomic mass is 10.4. The summed E-state index contributed by atoms with van der Waals surface area (Å²) in [5.41, 5.74) is 1.99. The Balaban J connectivity index is 2.98. The van der Waals surface area contributed by atoms with Crippen molar-refractivity contribution >= 4 is 20.1 Å². The van der Waals surface area contributed by atoms with Gasteiger partial charge in [0.1, 0.15) is 6.33 Å². The normalized spacial score (nSPS) is 10.5. The van der Waals surface area contributed by atoms with E-state index in [0.717, 1.165) is 19.7 Å². The Morgan fingerprint density at radius 2 is 2.40 bits per heavy atom. The van der Waals surface area contributed by atoms with E-state index in [2.05, 4.69) is 23.2 Å². The van der Waals surface area contributed by atoms with Crippen molar-refractivity contribution in [3.05, 3.63) is 24.7 Å². The highest BCUT2D eigenvalue weighted by molar-refractivity contribution is 7.45. The third kappa shape index (κ3) is 1.61. The molecule has 0 amide bonds. The Kier molecular flexibility index (Phi) is 2.52. The van der Waals surface area contributed by atoms with Gasteiger partial charge in [-0.3, -0.25) is 0 Å². The molecule has 0 radical (unpaired) electrons. The van der Waals surface area contributed by atoms with Gasteiger partial charge in [-0.25, -0.2) is 9.97 Å². The van der Waals surface area contributed by atoms with Crippen LogP contribution < -0.4 is 5.44 Å². The molecule has 1 rings (SSSR count). The van der Waals surface area contributed by atoms with Crippen LogP contribution in [0.15, 0.2) is 19.0 Å². The van der Waals surface area contributed by atoms with E-state index in [-0.39, 0.29) is 0 Å². The van der Waals surface area contributed by atoms with Gasteiger partial charge in [-0.15, -0.1) is 0 Å². The van der Waals surface area contributed by atoms with E-state index in [9.17, 15) is 0 Å². The molecule has 0 fully saturated rings. The molecule has 52 valence electrons. The molecule has 0 aliphatic rings. The monoisotopic (exact) mass is 152 g/mol. The second-order valence-electron chi connectivity index (χ2n) is 1.78. The lowest BCUT2D eigenvalue weighted by Crippen LogP contribution is -2.01. The van der Waals surface area contributed by atoms with Crippen molar-refractivity contribution in [3.8, 4) is 0 Å². The molecule has 10 heavy (non-hydrogen) atoms. The van der Waals surface area contributed by atoms with E-state index in [0.29, 0.717) is 0 Å². The smallest absolute Gasteiger partial charge is 0.116 e. The molecule has 3 heteroatoms. The second kappa shape index (κ2) is 3.43. The third-order valence-electron chi connectivity index (χ3n) is 1.15. The number of aromatic nitrogens is 2.